The predicted octanol–water partition coefficient (Wildman–Crippen LogP) is 3.71. The number of nitrogens with zero attached hydrogens (tertiary/aromatic N) is 2. The Morgan fingerprint density at radius 1 is 1.12 bits per heavy atom. The van der Waals surface area contributed by atoms with Gasteiger partial charge in [-0.15, -0.1) is 0 Å². The molecule has 34 heavy (non-hydrogen) atoms. The number of nitrogens with one attached hydrogen (secondary N) is 1. The van der Waals surface area contributed by atoms with E-state index in [9.17, 15) is 18.0 Å². The van der Waals surface area contributed by atoms with Crippen LogP contribution in [0.1, 0.15) is 25.8 Å². The van der Waals surface area contributed by atoms with Crippen LogP contribution in [0.5, 0.6) is 5.75 Å². The van der Waals surface area contributed by atoms with Crippen LogP contribution in [0.3, 0.4) is 0 Å². The van der Waals surface area contributed by atoms with E-state index in [1.54, 1.807) is 44.2 Å². The summed E-state index contributed by atoms with van der Waals surface area (Å²) in [5, 5.41) is 3.45. The van der Waals surface area contributed by atoms with E-state index in [-0.39, 0.29) is 28.9 Å². The van der Waals surface area contributed by atoms with Gasteiger partial charge in [-0.25, -0.2) is 8.42 Å². The molecule has 1 atom stereocenters. The number of likely N-dealkylation sites (N-methyl/N-ethyl adjacent to an activating group) is 1. The lowest BCUT2D eigenvalue weighted by Crippen LogP contribution is -2.52. The molecule has 0 saturated heterocycles. The number of anilines is 1. The van der Waals surface area contributed by atoms with Gasteiger partial charge in [-0.1, -0.05) is 48.3 Å². The highest BCUT2D eigenvalue weighted by atomic mass is 35.5. The molecule has 0 spiro atoms. The van der Waals surface area contributed by atoms with Gasteiger partial charge in [0.1, 0.15) is 18.3 Å². The maximum atomic E-state index is 13.6. The number of hydrogen-bond donors (Lipinski definition) is 1. The second-order valence-corrected chi connectivity index (χ2v) is 10.3. The molecular formula is C23H29Cl2N3O5S. The topological polar surface area (TPSA) is 96.0 Å². The van der Waals surface area contributed by atoms with E-state index in [1.165, 1.54) is 24.1 Å². The quantitative estimate of drug-likeness (QED) is 0.478. The zero-order valence-corrected chi connectivity index (χ0v) is 21.9. The first-order valence-electron chi connectivity index (χ1n) is 10.6. The van der Waals surface area contributed by atoms with E-state index >= 15 is 0 Å². The van der Waals surface area contributed by atoms with Crippen LogP contribution in [0.2, 0.25) is 10.0 Å². The minimum absolute atomic E-state index is 0.0262. The third-order valence-electron chi connectivity index (χ3n) is 5.12. The molecule has 186 valence electrons. The molecule has 2 aromatic carbocycles. The van der Waals surface area contributed by atoms with Crippen LogP contribution in [0.4, 0.5) is 5.69 Å². The highest BCUT2D eigenvalue weighted by Crippen LogP contribution is 2.33. The monoisotopic (exact) mass is 529 g/mol. The van der Waals surface area contributed by atoms with Crippen LogP contribution in [0.25, 0.3) is 0 Å². The van der Waals surface area contributed by atoms with E-state index < -0.39 is 28.5 Å². The van der Waals surface area contributed by atoms with Gasteiger partial charge in [0.2, 0.25) is 21.8 Å². The number of methoxy groups -OCH3 is 1. The molecule has 0 saturated carbocycles. The summed E-state index contributed by atoms with van der Waals surface area (Å²) < 4.78 is 31.6. The Kier molecular flexibility index (Phi) is 10.0. The van der Waals surface area contributed by atoms with Gasteiger partial charge in [0.25, 0.3) is 0 Å². The van der Waals surface area contributed by atoms with Crippen molar-refractivity contribution in [1.29, 1.82) is 0 Å². The minimum Gasteiger partial charge on any atom is -0.495 e. The molecule has 0 aromatic heterocycles. The fourth-order valence-electron chi connectivity index (χ4n) is 3.47. The normalized spacial score (nSPS) is 12.1. The minimum atomic E-state index is -3.92. The van der Waals surface area contributed by atoms with E-state index in [0.29, 0.717) is 23.6 Å². The van der Waals surface area contributed by atoms with Gasteiger partial charge >= 0.3 is 0 Å². The molecule has 0 radical (unpaired) electrons. The van der Waals surface area contributed by atoms with Crippen LogP contribution in [-0.4, -0.2) is 57.6 Å². The highest BCUT2D eigenvalue weighted by molar-refractivity contribution is 7.92. The largest absolute Gasteiger partial charge is 0.495 e. The molecule has 0 aliphatic rings. The molecule has 1 N–H and O–H groups in total. The molecule has 2 aromatic rings. The van der Waals surface area contributed by atoms with Crippen molar-refractivity contribution in [2.24, 2.45) is 0 Å². The number of carbonyl (C=O) groups is 2. The Morgan fingerprint density at radius 2 is 1.79 bits per heavy atom. The first-order chi connectivity index (χ1) is 16.0. The Bertz CT molecular complexity index is 1130. The summed E-state index contributed by atoms with van der Waals surface area (Å²) >= 11 is 12.4. The van der Waals surface area contributed by atoms with Crippen LogP contribution >= 0.6 is 23.2 Å². The Balaban J connectivity index is 2.52. The third-order valence-corrected chi connectivity index (χ3v) is 6.85. The molecule has 2 amide bonds. The number of halogens is 2. The molecule has 0 bridgehead atoms. The lowest BCUT2D eigenvalue weighted by molar-refractivity contribution is -0.140. The lowest BCUT2D eigenvalue weighted by Gasteiger charge is -2.33. The number of amides is 2. The molecule has 11 heteroatoms. The van der Waals surface area contributed by atoms with Crippen LogP contribution in [0, 0.1) is 0 Å². The smallest absolute Gasteiger partial charge is 0.244 e. The average Bonchev–Trinajstić information content (AvgIpc) is 2.77. The maximum Gasteiger partial charge on any atom is 0.244 e. The van der Waals surface area contributed by atoms with E-state index in [4.69, 9.17) is 27.9 Å². The van der Waals surface area contributed by atoms with Gasteiger partial charge in [-0.05, 0) is 43.2 Å². The summed E-state index contributed by atoms with van der Waals surface area (Å²) in [5.74, 6) is -0.682. The summed E-state index contributed by atoms with van der Waals surface area (Å²) in [5.41, 5.74) is 0.751. The summed E-state index contributed by atoms with van der Waals surface area (Å²) in [6, 6.07) is 10.6. The standard InChI is InChI=1S/C23H29Cl2N3O5S/c1-5-19(23(30)26-6-2)27(14-16-9-7-8-10-18(16)25)22(29)15-28(34(4,31)32)20-13-17(24)11-12-21(20)33-3/h7-13,19H,5-6,14-15H2,1-4H3,(H,26,30). The van der Waals surface area contributed by atoms with Gasteiger partial charge in [0.05, 0.1) is 19.1 Å². The van der Waals surface area contributed by atoms with Crippen molar-refractivity contribution in [3.8, 4) is 5.75 Å². The molecule has 0 heterocycles. The predicted molar refractivity (Wildman–Crippen MR) is 135 cm³/mol. The fraction of sp³-hybridized carbons (Fsp3) is 0.391. The van der Waals surface area contributed by atoms with Crippen molar-refractivity contribution >= 4 is 50.7 Å². The maximum absolute atomic E-state index is 13.6. The van der Waals surface area contributed by atoms with Crippen molar-refractivity contribution in [3.63, 3.8) is 0 Å². The van der Waals surface area contributed by atoms with E-state index in [2.05, 4.69) is 5.32 Å². The van der Waals surface area contributed by atoms with Gasteiger partial charge < -0.3 is 15.0 Å². The molecule has 8 nitrogen and oxygen atoms in total. The first-order valence-corrected chi connectivity index (χ1v) is 13.3. The summed E-state index contributed by atoms with van der Waals surface area (Å²) in [7, 11) is -2.53. The van der Waals surface area contributed by atoms with Crippen molar-refractivity contribution in [3.05, 3.63) is 58.1 Å². The zero-order chi connectivity index (χ0) is 25.5. The zero-order valence-electron chi connectivity index (χ0n) is 19.5. The SMILES string of the molecule is CCNC(=O)C(CC)N(Cc1ccccc1Cl)C(=O)CN(c1cc(Cl)ccc1OC)S(C)(=O)=O. The summed E-state index contributed by atoms with van der Waals surface area (Å²) in [6.45, 7) is 3.41. The molecule has 1 unspecified atom stereocenters. The molecule has 2 rings (SSSR count). The number of carbonyl (C=O) groups excluding carboxylic acids is 2. The van der Waals surface area contributed by atoms with Crippen molar-refractivity contribution in [2.75, 3.05) is 30.8 Å². The second kappa shape index (κ2) is 12.3. The number of ether oxygens (including phenoxy) is 1. The number of benzene rings is 2. The van der Waals surface area contributed by atoms with Crippen molar-refractivity contribution in [1.82, 2.24) is 10.2 Å². The average molecular weight is 530 g/mol. The van der Waals surface area contributed by atoms with Gasteiger partial charge in [-0.3, -0.25) is 13.9 Å². The molecule has 0 aliphatic carbocycles. The molecule has 0 fully saturated rings. The van der Waals surface area contributed by atoms with E-state index in [0.717, 1.165) is 10.6 Å². The number of hydrogen-bond acceptors (Lipinski definition) is 5. The lowest BCUT2D eigenvalue weighted by atomic mass is 10.1. The van der Waals surface area contributed by atoms with Gasteiger partial charge in [-0.2, -0.15) is 0 Å². The summed E-state index contributed by atoms with van der Waals surface area (Å²) in [6.07, 6.45) is 1.31. The van der Waals surface area contributed by atoms with Gasteiger partial charge in [0, 0.05) is 23.1 Å². The fourth-order valence-corrected chi connectivity index (χ4v) is 4.68. The van der Waals surface area contributed by atoms with Crippen molar-refractivity contribution in [2.45, 2.75) is 32.9 Å². The van der Waals surface area contributed by atoms with Crippen LogP contribution < -0.4 is 14.4 Å². The first kappa shape index (κ1) is 27.8. The van der Waals surface area contributed by atoms with E-state index in [1.807, 2.05) is 0 Å². The number of sulfonamides is 1. The van der Waals surface area contributed by atoms with Gasteiger partial charge in [0.15, 0.2) is 0 Å². The van der Waals surface area contributed by atoms with Crippen molar-refractivity contribution < 1.29 is 22.7 Å². The molecular weight excluding hydrogens is 501 g/mol. The highest BCUT2D eigenvalue weighted by Gasteiger charge is 2.32. The van der Waals surface area contributed by atoms with Crippen LogP contribution in [0.15, 0.2) is 42.5 Å². The second-order valence-electron chi connectivity index (χ2n) is 7.52. The molecule has 0 aliphatic heterocycles. The third kappa shape index (κ3) is 7.01. The number of rotatable bonds is 11. The Hall–Kier alpha value is -2.49. The summed E-state index contributed by atoms with van der Waals surface area (Å²) in [4.78, 5) is 27.7. The van der Waals surface area contributed by atoms with Crippen LogP contribution in [-0.2, 0) is 26.2 Å². The Labute approximate surface area is 210 Å². The Morgan fingerprint density at radius 3 is 2.35 bits per heavy atom.